The van der Waals surface area contributed by atoms with Crippen molar-refractivity contribution in [3.05, 3.63) is 54.1 Å². The van der Waals surface area contributed by atoms with E-state index in [4.69, 9.17) is 14.5 Å². The average Bonchev–Trinajstić information content (AvgIpc) is 2.84. The normalized spacial score (nSPS) is 11.9. The molecule has 0 aromatic heterocycles. The smallest absolute Gasteiger partial charge is 0.469 e. The van der Waals surface area contributed by atoms with E-state index in [0.29, 0.717) is 18.8 Å². The molecule has 2 rings (SSSR count). The Bertz CT molecular complexity index is 881. The van der Waals surface area contributed by atoms with Gasteiger partial charge in [0, 0.05) is 6.42 Å². The monoisotopic (exact) mass is 504 g/mol. The van der Waals surface area contributed by atoms with Crippen molar-refractivity contribution in [3.63, 3.8) is 0 Å². The van der Waals surface area contributed by atoms with Crippen molar-refractivity contribution in [3.8, 4) is 5.75 Å². The first-order valence-corrected chi connectivity index (χ1v) is 14.4. The minimum atomic E-state index is -4.41. The second-order valence-corrected chi connectivity index (χ2v) is 10.1. The van der Waals surface area contributed by atoms with E-state index in [1.807, 2.05) is 24.3 Å². The van der Waals surface area contributed by atoms with Crippen molar-refractivity contribution >= 4 is 19.2 Å². The highest BCUT2D eigenvalue weighted by atomic mass is 31.2. The molecule has 2 N–H and O–H groups in total. The molecular weight excluding hydrogens is 463 g/mol. The summed E-state index contributed by atoms with van der Waals surface area (Å²) in [4.78, 5) is 17.3. The zero-order valence-corrected chi connectivity index (χ0v) is 21.9. The van der Waals surface area contributed by atoms with Gasteiger partial charge in [0.15, 0.2) is 0 Å². The number of ether oxygens (including phenoxy) is 1. The number of phosphoric ester groups is 1. The lowest BCUT2D eigenvalue weighted by molar-refractivity contribution is 0.180. The topological polar surface area (TPSA) is 101 Å². The number of phosphoric acid groups is 1. The summed E-state index contributed by atoms with van der Waals surface area (Å²) in [6.07, 6.45) is 15.0. The number of aryl methyl sites for hydroxylation is 1. The number of rotatable bonds is 19. The molecule has 0 fully saturated rings. The van der Waals surface area contributed by atoms with Crippen LogP contribution in [0.1, 0.15) is 83.1 Å². The van der Waals surface area contributed by atoms with Gasteiger partial charge in [-0.15, -0.1) is 0 Å². The summed E-state index contributed by atoms with van der Waals surface area (Å²) >= 11 is 0. The number of hydrogen-bond donors (Lipinski definition) is 2. The maximum absolute atomic E-state index is 10.6. The van der Waals surface area contributed by atoms with Crippen molar-refractivity contribution in [1.82, 2.24) is 0 Å². The van der Waals surface area contributed by atoms with Gasteiger partial charge in [-0.1, -0.05) is 76.8 Å². The Morgan fingerprint density at radius 2 is 1.20 bits per heavy atom. The van der Waals surface area contributed by atoms with Gasteiger partial charge < -0.3 is 14.5 Å². The van der Waals surface area contributed by atoms with E-state index >= 15 is 0 Å². The molecule has 0 spiro atoms. The molecule has 194 valence electrons. The molecule has 7 nitrogen and oxygen atoms in total. The molecule has 0 unspecified atom stereocenters. The maximum atomic E-state index is 10.6. The molecule has 0 amide bonds. The fraction of sp³-hybridized carbons (Fsp3) is 0.556. The number of benzene rings is 2. The Morgan fingerprint density at radius 1 is 0.686 bits per heavy atom. The highest BCUT2D eigenvalue weighted by Gasteiger charge is 2.12. The van der Waals surface area contributed by atoms with Crippen LogP contribution in [-0.4, -0.2) is 23.0 Å². The standard InChI is InChI=1S/C27H41N2O5P/c1-2-3-4-5-6-7-8-9-10-11-13-24-14-16-25(17-15-24)28-29-26-18-20-27(21-19-26)33-22-12-23-34-35(30,31)32/h14-21H,2-13,22-23H2,1H3,(H2,30,31,32). The summed E-state index contributed by atoms with van der Waals surface area (Å²) in [5, 5.41) is 8.58. The summed E-state index contributed by atoms with van der Waals surface area (Å²) in [6, 6.07) is 15.5. The lowest BCUT2D eigenvalue weighted by Crippen LogP contribution is -2.01. The SMILES string of the molecule is CCCCCCCCCCCCc1ccc(N=Nc2ccc(OCCCOP(=O)(O)O)cc2)cc1. The van der Waals surface area contributed by atoms with Crippen LogP contribution in [0.5, 0.6) is 5.75 Å². The van der Waals surface area contributed by atoms with Gasteiger partial charge in [0.05, 0.1) is 24.6 Å². The summed E-state index contributed by atoms with van der Waals surface area (Å²) in [5.41, 5.74) is 2.88. The Labute approximate surface area is 210 Å². The molecule has 2 aromatic carbocycles. The van der Waals surface area contributed by atoms with Crippen LogP contribution in [0, 0.1) is 0 Å². The minimum absolute atomic E-state index is 0.0609. The van der Waals surface area contributed by atoms with E-state index in [9.17, 15) is 4.57 Å². The molecule has 0 aliphatic carbocycles. The molecule has 0 atom stereocenters. The van der Waals surface area contributed by atoms with Crippen molar-refractivity contribution in [2.75, 3.05) is 13.2 Å². The first-order valence-electron chi connectivity index (χ1n) is 12.9. The van der Waals surface area contributed by atoms with Gasteiger partial charge in [-0.25, -0.2) is 4.57 Å². The number of hydrogen-bond acceptors (Lipinski definition) is 5. The molecular formula is C27H41N2O5P. The van der Waals surface area contributed by atoms with E-state index < -0.39 is 7.82 Å². The number of unbranched alkanes of at least 4 members (excludes halogenated alkanes) is 9. The zero-order chi connectivity index (χ0) is 25.2. The largest absolute Gasteiger partial charge is 0.494 e. The fourth-order valence-electron chi connectivity index (χ4n) is 3.70. The third-order valence-electron chi connectivity index (χ3n) is 5.69. The predicted octanol–water partition coefficient (Wildman–Crippen LogP) is 8.44. The van der Waals surface area contributed by atoms with Gasteiger partial charge in [0.25, 0.3) is 0 Å². The van der Waals surface area contributed by atoms with E-state index in [2.05, 4.69) is 33.8 Å². The van der Waals surface area contributed by atoms with Gasteiger partial charge in [0.2, 0.25) is 0 Å². The number of azo groups is 1. The quantitative estimate of drug-likeness (QED) is 0.114. The second-order valence-electron chi connectivity index (χ2n) is 8.82. The fourth-order valence-corrected chi connectivity index (χ4v) is 4.07. The molecule has 0 aliphatic rings. The van der Waals surface area contributed by atoms with Crippen LogP contribution < -0.4 is 4.74 Å². The van der Waals surface area contributed by atoms with Crippen LogP contribution in [0.15, 0.2) is 58.8 Å². The second kappa shape index (κ2) is 17.4. The van der Waals surface area contributed by atoms with Crippen molar-refractivity contribution in [2.24, 2.45) is 10.2 Å². The average molecular weight is 505 g/mol. The molecule has 0 saturated carbocycles. The molecule has 2 aromatic rings. The van der Waals surface area contributed by atoms with Gasteiger partial charge in [-0.2, -0.15) is 10.2 Å². The molecule has 0 radical (unpaired) electrons. The lowest BCUT2D eigenvalue weighted by atomic mass is 10.0. The predicted molar refractivity (Wildman–Crippen MR) is 141 cm³/mol. The van der Waals surface area contributed by atoms with Crippen LogP contribution in [0.25, 0.3) is 0 Å². The van der Waals surface area contributed by atoms with Crippen LogP contribution in [0.4, 0.5) is 11.4 Å². The van der Waals surface area contributed by atoms with Crippen molar-refractivity contribution < 1.29 is 23.6 Å². The number of nitrogens with zero attached hydrogens (tertiary/aromatic N) is 2. The van der Waals surface area contributed by atoms with Crippen LogP contribution in [-0.2, 0) is 15.5 Å². The van der Waals surface area contributed by atoms with E-state index in [1.165, 1.54) is 69.8 Å². The van der Waals surface area contributed by atoms with E-state index in [1.54, 1.807) is 12.1 Å². The van der Waals surface area contributed by atoms with Crippen LogP contribution in [0.3, 0.4) is 0 Å². The molecule has 0 heterocycles. The van der Waals surface area contributed by atoms with Gasteiger partial charge in [-0.3, -0.25) is 4.52 Å². The van der Waals surface area contributed by atoms with Crippen LogP contribution in [0.2, 0.25) is 0 Å². The Morgan fingerprint density at radius 3 is 1.74 bits per heavy atom. The van der Waals surface area contributed by atoms with Gasteiger partial charge in [0.1, 0.15) is 5.75 Å². The van der Waals surface area contributed by atoms with Gasteiger partial charge >= 0.3 is 7.82 Å². The van der Waals surface area contributed by atoms with Crippen molar-refractivity contribution in [1.29, 1.82) is 0 Å². The maximum Gasteiger partial charge on any atom is 0.469 e. The van der Waals surface area contributed by atoms with Crippen molar-refractivity contribution in [2.45, 2.75) is 84.0 Å². The van der Waals surface area contributed by atoms with Gasteiger partial charge in [-0.05, 0) is 54.8 Å². The first-order chi connectivity index (χ1) is 17.0. The zero-order valence-electron chi connectivity index (χ0n) is 21.0. The Balaban J connectivity index is 1.60. The molecule has 0 aliphatic heterocycles. The van der Waals surface area contributed by atoms with E-state index in [-0.39, 0.29) is 6.61 Å². The Hall–Kier alpha value is -2.05. The van der Waals surface area contributed by atoms with E-state index in [0.717, 1.165) is 17.8 Å². The molecule has 0 saturated heterocycles. The summed E-state index contributed by atoms with van der Waals surface area (Å²) in [7, 11) is -4.41. The summed E-state index contributed by atoms with van der Waals surface area (Å²) < 4.78 is 20.5. The molecule has 35 heavy (non-hydrogen) atoms. The highest BCUT2D eigenvalue weighted by Crippen LogP contribution is 2.35. The summed E-state index contributed by atoms with van der Waals surface area (Å²) in [6.45, 7) is 2.50. The minimum Gasteiger partial charge on any atom is -0.494 e. The third kappa shape index (κ3) is 14.8. The first kappa shape index (κ1) is 29.2. The Kier molecular flexibility index (Phi) is 14.5. The molecule has 8 heteroatoms. The lowest BCUT2D eigenvalue weighted by Gasteiger charge is -2.07. The summed E-state index contributed by atoms with van der Waals surface area (Å²) in [5.74, 6) is 0.649. The van der Waals surface area contributed by atoms with Crippen LogP contribution >= 0.6 is 7.82 Å². The molecule has 0 bridgehead atoms. The highest BCUT2D eigenvalue weighted by molar-refractivity contribution is 7.46. The third-order valence-corrected chi connectivity index (χ3v) is 6.21.